The zero-order valence-corrected chi connectivity index (χ0v) is 10.1. The van der Waals surface area contributed by atoms with E-state index in [0.717, 1.165) is 0 Å². The molecule has 6 nitrogen and oxygen atoms in total. The first-order chi connectivity index (χ1) is 8.50. The Bertz CT molecular complexity index is 445. The van der Waals surface area contributed by atoms with Crippen LogP contribution in [0.15, 0.2) is 30.3 Å². The number of carbonyl (C=O) groups is 3. The number of rotatable bonds is 3. The summed E-state index contributed by atoms with van der Waals surface area (Å²) in [5.74, 6) is -1.61. The molecular weight excluding hydrogens is 236 g/mol. The molecule has 18 heavy (non-hydrogen) atoms. The average Bonchev–Trinajstić information content (AvgIpc) is 2.35. The summed E-state index contributed by atoms with van der Waals surface area (Å²) in [4.78, 5) is 33.6. The lowest BCUT2D eigenvalue weighted by Crippen LogP contribution is -2.46. The second-order valence-corrected chi connectivity index (χ2v) is 3.56. The molecule has 1 rings (SSSR count). The third-order valence-electron chi connectivity index (χ3n) is 2.05. The highest BCUT2D eigenvalue weighted by Crippen LogP contribution is 1.97. The van der Waals surface area contributed by atoms with Crippen molar-refractivity contribution in [3.05, 3.63) is 35.9 Å². The Kier molecular flexibility index (Phi) is 4.86. The van der Waals surface area contributed by atoms with Gasteiger partial charge in [0, 0.05) is 12.5 Å². The van der Waals surface area contributed by atoms with Gasteiger partial charge in [-0.1, -0.05) is 18.2 Å². The van der Waals surface area contributed by atoms with Crippen LogP contribution in [0.5, 0.6) is 0 Å². The van der Waals surface area contributed by atoms with E-state index in [9.17, 15) is 14.4 Å². The molecule has 0 aromatic heterocycles. The third-order valence-corrected chi connectivity index (χ3v) is 2.05. The van der Waals surface area contributed by atoms with E-state index in [0.29, 0.717) is 5.56 Å². The molecule has 1 atom stereocenters. The van der Waals surface area contributed by atoms with Crippen molar-refractivity contribution in [2.24, 2.45) is 0 Å². The Morgan fingerprint density at radius 1 is 1.11 bits per heavy atom. The summed E-state index contributed by atoms with van der Waals surface area (Å²) in [6.07, 6.45) is -0.960. The quantitative estimate of drug-likeness (QED) is 0.600. The van der Waals surface area contributed by atoms with Crippen LogP contribution in [0, 0.1) is 0 Å². The van der Waals surface area contributed by atoms with Crippen LogP contribution in [0.1, 0.15) is 24.2 Å². The van der Waals surface area contributed by atoms with Crippen molar-refractivity contribution in [3.63, 3.8) is 0 Å². The Labute approximate surface area is 104 Å². The fourth-order valence-electron chi connectivity index (χ4n) is 1.18. The number of amides is 2. The second kappa shape index (κ2) is 6.39. The second-order valence-electron chi connectivity index (χ2n) is 3.56. The van der Waals surface area contributed by atoms with Crippen molar-refractivity contribution in [1.29, 1.82) is 0 Å². The number of carbonyl (C=O) groups excluding carboxylic acids is 3. The Morgan fingerprint density at radius 3 is 2.28 bits per heavy atom. The van der Waals surface area contributed by atoms with Crippen molar-refractivity contribution >= 4 is 17.8 Å². The van der Waals surface area contributed by atoms with Crippen LogP contribution < -0.4 is 10.9 Å². The largest absolute Gasteiger partial charge is 0.453 e. The van der Waals surface area contributed by atoms with Gasteiger partial charge in [0.25, 0.3) is 11.8 Å². The molecule has 0 heterocycles. The molecule has 0 unspecified atom stereocenters. The molecule has 1 aromatic rings. The van der Waals surface area contributed by atoms with Crippen molar-refractivity contribution < 1.29 is 19.1 Å². The van der Waals surface area contributed by atoms with Crippen LogP contribution in [0.2, 0.25) is 0 Å². The highest BCUT2D eigenvalue weighted by Gasteiger charge is 2.16. The van der Waals surface area contributed by atoms with E-state index < -0.39 is 23.9 Å². The maximum absolute atomic E-state index is 11.6. The molecule has 0 aliphatic rings. The minimum atomic E-state index is -0.960. The molecule has 0 bridgehead atoms. The number of hydrogen-bond donors (Lipinski definition) is 2. The molecule has 2 amide bonds. The molecule has 0 aliphatic carbocycles. The van der Waals surface area contributed by atoms with E-state index in [1.165, 1.54) is 13.8 Å². The maximum atomic E-state index is 11.6. The van der Waals surface area contributed by atoms with E-state index in [4.69, 9.17) is 0 Å². The molecule has 0 fully saturated rings. The first-order valence-corrected chi connectivity index (χ1v) is 5.33. The van der Waals surface area contributed by atoms with Crippen LogP contribution >= 0.6 is 0 Å². The van der Waals surface area contributed by atoms with E-state index in [1.54, 1.807) is 30.3 Å². The minimum absolute atomic E-state index is 0.415. The Hall–Kier alpha value is -2.37. The van der Waals surface area contributed by atoms with Gasteiger partial charge in [-0.05, 0) is 19.1 Å². The van der Waals surface area contributed by atoms with E-state index in [1.807, 2.05) is 0 Å². The van der Waals surface area contributed by atoms with Crippen LogP contribution in [0.25, 0.3) is 0 Å². The molecule has 1 aromatic carbocycles. The maximum Gasteiger partial charge on any atom is 0.303 e. The summed E-state index contributed by atoms with van der Waals surface area (Å²) in [6, 6.07) is 8.41. The van der Waals surface area contributed by atoms with Gasteiger partial charge in [0.15, 0.2) is 6.10 Å². The molecule has 6 heteroatoms. The highest BCUT2D eigenvalue weighted by molar-refractivity contribution is 5.95. The van der Waals surface area contributed by atoms with E-state index in [2.05, 4.69) is 15.6 Å². The lowest BCUT2D eigenvalue weighted by Gasteiger charge is -2.12. The lowest BCUT2D eigenvalue weighted by atomic mass is 10.2. The normalized spacial score (nSPS) is 11.2. The van der Waals surface area contributed by atoms with Crippen LogP contribution in [0.4, 0.5) is 0 Å². The number of hydrogen-bond acceptors (Lipinski definition) is 4. The van der Waals surface area contributed by atoms with Crippen molar-refractivity contribution in [1.82, 2.24) is 10.9 Å². The number of hydrazine groups is 1. The molecule has 2 N–H and O–H groups in total. The summed E-state index contributed by atoms with van der Waals surface area (Å²) in [7, 11) is 0. The van der Waals surface area contributed by atoms with Gasteiger partial charge in [-0.15, -0.1) is 0 Å². The summed E-state index contributed by atoms with van der Waals surface area (Å²) >= 11 is 0. The van der Waals surface area contributed by atoms with Crippen LogP contribution in [0.3, 0.4) is 0 Å². The van der Waals surface area contributed by atoms with Crippen molar-refractivity contribution in [2.45, 2.75) is 20.0 Å². The summed E-state index contributed by atoms with van der Waals surface area (Å²) in [5.41, 5.74) is 4.81. The number of nitrogens with one attached hydrogen (secondary N) is 2. The number of esters is 1. The Balaban J connectivity index is 2.44. The molecule has 0 aliphatic heterocycles. The summed E-state index contributed by atoms with van der Waals surface area (Å²) in [5, 5.41) is 0. The SMILES string of the molecule is CC(=O)O[C@H](C)C(=O)NNC(=O)c1ccccc1. The fourth-order valence-corrected chi connectivity index (χ4v) is 1.18. The molecule has 0 saturated carbocycles. The fraction of sp³-hybridized carbons (Fsp3) is 0.250. The molecular formula is C12H14N2O4. The third kappa shape index (κ3) is 4.25. The van der Waals surface area contributed by atoms with Gasteiger partial charge in [-0.2, -0.15) is 0 Å². The Morgan fingerprint density at radius 2 is 1.72 bits per heavy atom. The topological polar surface area (TPSA) is 84.5 Å². The van der Waals surface area contributed by atoms with Crippen LogP contribution in [-0.2, 0) is 14.3 Å². The summed E-state index contributed by atoms with van der Waals surface area (Å²) in [6.45, 7) is 2.61. The average molecular weight is 250 g/mol. The molecule has 0 radical (unpaired) electrons. The smallest absolute Gasteiger partial charge is 0.303 e. The summed E-state index contributed by atoms with van der Waals surface area (Å²) < 4.78 is 4.65. The highest BCUT2D eigenvalue weighted by atomic mass is 16.5. The predicted octanol–water partition coefficient (Wildman–Crippen LogP) is 0.399. The van der Waals surface area contributed by atoms with E-state index >= 15 is 0 Å². The molecule has 96 valence electrons. The van der Waals surface area contributed by atoms with Crippen LogP contribution in [-0.4, -0.2) is 23.9 Å². The van der Waals surface area contributed by atoms with Gasteiger partial charge in [0.05, 0.1) is 0 Å². The molecule has 0 saturated heterocycles. The number of ether oxygens (including phenoxy) is 1. The van der Waals surface area contributed by atoms with Gasteiger partial charge in [0.1, 0.15) is 0 Å². The van der Waals surface area contributed by atoms with Crippen molar-refractivity contribution in [2.75, 3.05) is 0 Å². The van der Waals surface area contributed by atoms with Gasteiger partial charge in [-0.3, -0.25) is 25.2 Å². The van der Waals surface area contributed by atoms with Gasteiger partial charge < -0.3 is 4.74 Å². The van der Waals surface area contributed by atoms with Gasteiger partial charge in [0.2, 0.25) is 0 Å². The van der Waals surface area contributed by atoms with Gasteiger partial charge in [-0.25, -0.2) is 0 Å². The zero-order valence-electron chi connectivity index (χ0n) is 10.1. The minimum Gasteiger partial charge on any atom is -0.453 e. The van der Waals surface area contributed by atoms with E-state index in [-0.39, 0.29) is 0 Å². The first-order valence-electron chi connectivity index (χ1n) is 5.33. The zero-order chi connectivity index (χ0) is 13.5. The predicted molar refractivity (Wildman–Crippen MR) is 63.3 cm³/mol. The first kappa shape index (κ1) is 13.7. The standard InChI is InChI=1S/C12H14N2O4/c1-8(18-9(2)15)11(16)13-14-12(17)10-6-4-3-5-7-10/h3-8H,1-2H3,(H,13,16)(H,14,17)/t8-/m1/s1. The van der Waals surface area contributed by atoms with Gasteiger partial charge >= 0.3 is 5.97 Å². The number of benzene rings is 1. The van der Waals surface area contributed by atoms with Crippen molar-refractivity contribution in [3.8, 4) is 0 Å². The molecule has 0 spiro atoms. The lowest BCUT2D eigenvalue weighted by molar-refractivity contribution is -0.152. The monoisotopic (exact) mass is 250 g/mol.